The van der Waals surface area contributed by atoms with Gasteiger partial charge in [0.25, 0.3) is 11.7 Å². The molecule has 1 heterocycles. The maximum absolute atomic E-state index is 13.5. The quantitative estimate of drug-likeness (QED) is 0.233. The molecule has 1 unspecified atom stereocenters. The van der Waals surface area contributed by atoms with Gasteiger partial charge in [-0.25, -0.2) is 0 Å². The second-order valence-corrected chi connectivity index (χ2v) is 9.18. The van der Waals surface area contributed by atoms with Crippen LogP contribution >= 0.6 is 11.6 Å². The molecule has 1 aliphatic rings. The number of aliphatic hydroxyl groups excluding tert-OH is 1. The molecule has 1 amide bonds. The van der Waals surface area contributed by atoms with Crippen molar-refractivity contribution in [2.75, 3.05) is 44.7 Å². The minimum absolute atomic E-state index is 0.0860. The molecule has 1 saturated heterocycles. The van der Waals surface area contributed by atoms with Crippen LogP contribution in [0.4, 0.5) is 11.4 Å². The van der Waals surface area contributed by atoms with Crippen molar-refractivity contribution >= 4 is 40.4 Å². The van der Waals surface area contributed by atoms with Gasteiger partial charge in [0.2, 0.25) is 0 Å². The summed E-state index contributed by atoms with van der Waals surface area (Å²) in [5.41, 5.74) is 2.12. The van der Waals surface area contributed by atoms with Crippen LogP contribution in [0.15, 0.2) is 66.2 Å². The standard InChI is InChI=1S/C29H29ClN2O6/c1-6-38-20-9-7-8-19(14-20)32-26(17-10-12-18(13-11-17)31(2)3)25(28(34)29(32)35)27(33)21-15-24(37-5)22(30)16-23(21)36-4/h7-16,26,33H,6H2,1-5H3/b27-25+. The van der Waals surface area contributed by atoms with Crippen LogP contribution in [0.3, 0.4) is 0 Å². The molecule has 0 radical (unpaired) electrons. The summed E-state index contributed by atoms with van der Waals surface area (Å²) in [6, 6.07) is 16.4. The molecule has 3 aromatic rings. The fourth-order valence-electron chi connectivity index (χ4n) is 4.45. The maximum Gasteiger partial charge on any atom is 0.300 e. The van der Waals surface area contributed by atoms with Crippen LogP contribution in [0, 0.1) is 0 Å². The molecular formula is C29H29ClN2O6. The van der Waals surface area contributed by atoms with E-state index in [0.29, 0.717) is 23.6 Å². The van der Waals surface area contributed by atoms with E-state index < -0.39 is 23.5 Å². The topological polar surface area (TPSA) is 88.5 Å². The molecule has 0 aliphatic carbocycles. The fraction of sp³-hybridized carbons (Fsp3) is 0.241. The molecule has 9 heteroatoms. The zero-order valence-electron chi connectivity index (χ0n) is 21.8. The number of carbonyl (C=O) groups excluding carboxylic acids is 2. The monoisotopic (exact) mass is 536 g/mol. The molecule has 198 valence electrons. The number of nitrogens with zero attached hydrogens (tertiary/aromatic N) is 2. The van der Waals surface area contributed by atoms with Crippen LogP contribution in [-0.4, -0.2) is 51.7 Å². The van der Waals surface area contributed by atoms with Crippen molar-refractivity contribution in [2.24, 2.45) is 0 Å². The highest BCUT2D eigenvalue weighted by Gasteiger charge is 2.47. The summed E-state index contributed by atoms with van der Waals surface area (Å²) in [5.74, 6) is -0.958. The number of carbonyl (C=O) groups is 2. The normalized spacial score (nSPS) is 16.5. The largest absolute Gasteiger partial charge is 0.507 e. The van der Waals surface area contributed by atoms with Crippen molar-refractivity contribution in [3.05, 3.63) is 82.4 Å². The van der Waals surface area contributed by atoms with Crippen molar-refractivity contribution < 1.29 is 28.9 Å². The Balaban J connectivity index is 1.97. The summed E-state index contributed by atoms with van der Waals surface area (Å²) in [6.45, 7) is 2.30. The number of ether oxygens (including phenoxy) is 3. The number of benzene rings is 3. The molecule has 1 N–H and O–H groups in total. The smallest absolute Gasteiger partial charge is 0.300 e. The molecule has 0 saturated carbocycles. The van der Waals surface area contributed by atoms with Crippen LogP contribution in [0.1, 0.15) is 24.1 Å². The van der Waals surface area contributed by atoms with Crippen LogP contribution in [-0.2, 0) is 9.59 Å². The first-order chi connectivity index (χ1) is 18.2. The Labute approximate surface area is 226 Å². The predicted molar refractivity (Wildman–Crippen MR) is 148 cm³/mol. The van der Waals surface area contributed by atoms with Crippen LogP contribution in [0.5, 0.6) is 17.2 Å². The summed E-state index contributed by atoms with van der Waals surface area (Å²) in [5, 5.41) is 11.8. The van der Waals surface area contributed by atoms with Crippen molar-refractivity contribution in [1.29, 1.82) is 0 Å². The van der Waals surface area contributed by atoms with Gasteiger partial charge < -0.3 is 24.2 Å². The number of halogens is 1. The number of aliphatic hydroxyl groups is 1. The SMILES string of the molecule is CCOc1cccc(N2C(=O)C(=O)/C(=C(/O)c3cc(OC)c(Cl)cc3OC)C2c2ccc(N(C)C)cc2)c1. The molecule has 8 nitrogen and oxygen atoms in total. The van der Waals surface area contributed by atoms with Crippen molar-refractivity contribution in [3.8, 4) is 17.2 Å². The fourth-order valence-corrected chi connectivity index (χ4v) is 4.68. The van der Waals surface area contributed by atoms with E-state index in [1.807, 2.05) is 50.2 Å². The third-order valence-corrected chi connectivity index (χ3v) is 6.60. The van der Waals surface area contributed by atoms with Gasteiger partial charge in [0.1, 0.15) is 23.0 Å². The highest BCUT2D eigenvalue weighted by Crippen LogP contribution is 2.45. The van der Waals surface area contributed by atoms with Crippen molar-refractivity contribution in [1.82, 2.24) is 0 Å². The van der Waals surface area contributed by atoms with E-state index in [-0.39, 0.29) is 27.7 Å². The van der Waals surface area contributed by atoms with Gasteiger partial charge in [-0.05, 0) is 42.8 Å². The Morgan fingerprint density at radius 3 is 2.29 bits per heavy atom. The number of anilines is 2. The van der Waals surface area contributed by atoms with Gasteiger partial charge in [-0.3, -0.25) is 14.5 Å². The lowest BCUT2D eigenvalue weighted by molar-refractivity contribution is -0.132. The Hall–Kier alpha value is -4.17. The predicted octanol–water partition coefficient (Wildman–Crippen LogP) is 5.45. The van der Waals surface area contributed by atoms with E-state index in [1.54, 1.807) is 24.3 Å². The Morgan fingerprint density at radius 2 is 1.68 bits per heavy atom. The van der Waals surface area contributed by atoms with E-state index >= 15 is 0 Å². The first-order valence-corrected chi connectivity index (χ1v) is 12.3. The van der Waals surface area contributed by atoms with Crippen molar-refractivity contribution in [3.63, 3.8) is 0 Å². The third kappa shape index (κ3) is 4.87. The summed E-state index contributed by atoms with van der Waals surface area (Å²) >= 11 is 6.26. The highest BCUT2D eigenvalue weighted by atomic mass is 35.5. The molecule has 0 aromatic heterocycles. The lowest BCUT2D eigenvalue weighted by atomic mass is 9.94. The molecule has 1 aliphatic heterocycles. The Bertz CT molecular complexity index is 1400. The molecule has 38 heavy (non-hydrogen) atoms. The Kier molecular flexibility index (Phi) is 7.83. The van der Waals surface area contributed by atoms with Gasteiger partial charge in [-0.15, -0.1) is 0 Å². The van der Waals surface area contributed by atoms with Gasteiger partial charge in [0.15, 0.2) is 0 Å². The second kappa shape index (κ2) is 11.1. The lowest BCUT2D eigenvalue weighted by Crippen LogP contribution is -2.29. The van der Waals surface area contributed by atoms with E-state index in [2.05, 4.69) is 0 Å². The summed E-state index contributed by atoms with van der Waals surface area (Å²) in [7, 11) is 6.69. The molecule has 1 atom stereocenters. The van der Waals surface area contributed by atoms with E-state index in [0.717, 1.165) is 5.69 Å². The average Bonchev–Trinajstić information content (AvgIpc) is 3.18. The second-order valence-electron chi connectivity index (χ2n) is 8.77. The minimum atomic E-state index is -0.922. The van der Waals surface area contributed by atoms with Gasteiger partial charge in [0, 0.05) is 37.6 Å². The molecule has 3 aromatic carbocycles. The number of rotatable bonds is 8. The van der Waals surface area contributed by atoms with Crippen LogP contribution < -0.4 is 24.0 Å². The maximum atomic E-state index is 13.5. The van der Waals surface area contributed by atoms with E-state index in [1.165, 1.54) is 31.3 Å². The van der Waals surface area contributed by atoms with Crippen LogP contribution in [0.25, 0.3) is 5.76 Å². The first-order valence-electron chi connectivity index (χ1n) is 11.9. The molecule has 4 rings (SSSR count). The summed E-state index contributed by atoms with van der Waals surface area (Å²) in [4.78, 5) is 30.4. The summed E-state index contributed by atoms with van der Waals surface area (Å²) in [6.07, 6.45) is 0. The number of methoxy groups -OCH3 is 2. The van der Waals surface area contributed by atoms with E-state index in [4.69, 9.17) is 25.8 Å². The number of amides is 1. The molecule has 0 spiro atoms. The van der Waals surface area contributed by atoms with Gasteiger partial charge in [0.05, 0.1) is 43.0 Å². The number of Topliss-reactive ketones (excluding diaryl/α,β-unsaturated/α-hetero) is 1. The average molecular weight is 537 g/mol. The molecule has 1 fully saturated rings. The van der Waals surface area contributed by atoms with Crippen LogP contribution in [0.2, 0.25) is 5.02 Å². The van der Waals surface area contributed by atoms with Gasteiger partial charge in [-0.1, -0.05) is 29.8 Å². The van der Waals surface area contributed by atoms with Crippen molar-refractivity contribution in [2.45, 2.75) is 13.0 Å². The third-order valence-electron chi connectivity index (χ3n) is 6.31. The van der Waals surface area contributed by atoms with E-state index in [9.17, 15) is 14.7 Å². The number of hydrogen-bond acceptors (Lipinski definition) is 7. The number of ketones is 1. The van der Waals surface area contributed by atoms with Gasteiger partial charge in [-0.2, -0.15) is 0 Å². The molecule has 0 bridgehead atoms. The zero-order chi connectivity index (χ0) is 27.6. The van der Waals surface area contributed by atoms with Gasteiger partial charge >= 0.3 is 0 Å². The highest BCUT2D eigenvalue weighted by molar-refractivity contribution is 6.51. The number of hydrogen-bond donors (Lipinski definition) is 1. The lowest BCUT2D eigenvalue weighted by Gasteiger charge is -2.26. The molecular weight excluding hydrogens is 508 g/mol. The minimum Gasteiger partial charge on any atom is -0.507 e. The Morgan fingerprint density at radius 1 is 1.00 bits per heavy atom. The summed E-state index contributed by atoms with van der Waals surface area (Å²) < 4.78 is 16.4. The zero-order valence-corrected chi connectivity index (χ0v) is 22.6. The first kappa shape index (κ1) is 26.9.